The molecule has 2 aromatic carbocycles. The minimum atomic E-state index is -0.232. The molecular formula is C22H25FO2. The summed E-state index contributed by atoms with van der Waals surface area (Å²) in [7, 11) is 3.42. The van der Waals surface area contributed by atoms with E-state index in [2.05, 4.69) is 0 Å². The molecule has 1 saturated carbocycles. The standard InChI is InChI=1S/C22H25FO2/c1-24-20-14-17(12-11-16-7-6-10-19(23)13-16)15-21(25-2)22(20)18-8-4-3-5-9-18/h6-7,10-15,18H,3-5,8-9H2,1-2H3/b12-11+. The molecule has 0 radical (unpaired) electrons. The van der Waals surface area contributed by atoms with Crippen molar-refractivity contribution in [3.05, 3.63) is 58.9 Å². The fraction of sp³-hybridized carbons (Fsp3) is 0.364. The molecule has 0 saturated heterocycles. The Morgan fingerprint density at radius 3 is 2.12 bits per heavy atom. The summed E-state index contributed by atoms with van der Waals surface area (Å²) in [6, 6.07) is 10.6. The first-order valence-electron chi connectivity index (χ1n) is 8.91. The number of rotatable bonds is 5. The summed E-state index contributed by atoms with van der Waals surface area (Å²) in [5.41, 5.74) is 3.00. The van der Waals surface area contributed by atoms with Crippen molar-refractivity contribution in [2.45, 2.75) is 38.0 Å². The maximum Gasteiger partial charge on any atom is 0.126 e. The summed E-state index contributed by atoms with van der Waals surface area (Å²) in [6.07, 6.45) is 10.1. The van der Waals surface area contributed by atoms with Gasteiger partial charge in [-0.1, -0.05) is 43.5 Å². The number of hydrogen-bond acceptors (Lipinski definition) is 2. The van der Waals surface area contributed by atoms with Crippen molar-refractivity contribution >= 4 is 12.2 Å². The van der Waals surface area contributed by atoms with Crippen LogP contribution in [0, 0.1) is 5.82 Å². The number of halogens is 1. The molecule has 25 heavy (non-hydrogen) atoms. The number of benzene rings is 2. The summed E-state index contributed by atoms with van der Waals surface area (Å²) in [4.78, 5) is 0. The molecule has 1 aliphatic carbocycles. The summed E-state index contributed by atoms with van der Waals surface area (Å²) < 4.78 is 24.7. The Morgan fingerprint density at radius 2 is 1.52 bits per heavy atom. The first-order valence-corrected chi connectivity index (χ1v) is 8.91. The third-order valence-electron chi connectivity index (χ3n) is 4.90. The second-order valence-electron chi connectivity index (χ2n) is 6.56. The van der Waals surface area contributed by atoms with Gasteiger partial charge in [0.05, 0.1) is 14.2 Å². The third-order valence-corrected chi connectivity index (χ3v) is 4.90. The zero-order valence-electron chi connectivity index (χ0n) is 14.9. The van der Waals surface area contributed by atoms with Crippen LogP contribution in [0.2, 0.25) is 0 Å². The van der Waals surface area contributed by atoms with Crippen LogP contribution in [0.4, 0.5) is 4.39 Å². The monoisotopic (exact) mass is 340 g/mol. The maximum absolute atomic E-state index is 13.3. The van der Waals surface area contributed by atoms with Crippen molar-refractivity contribution in [3.8, 4) is 11.5 Å². The Labute approximate surface area is 149 Å². The largest absolute Gasteiger partial charge is 0.496 e. The molecule has 0 heterocycles. The van der Waals surface area contributed by atoms with E-state index in [0.29, 0.717) is 5.92 Å². The first kappa shape index (κ1) is 17.5. The minimum absolute atomic E-state index is 0.232. The molecule has 1 aliphatic rings. The van der Waals surface area contributed by atoms with Gasteiger partial charge in [0.15, 0.2) is 0 Å². The Morgan fingerprint density at radius 1 is 0.880 bits per heavy atom. The van der Waals surface area contributed by atoms with Gasteiger partial charge in [0.1, 0.15) is 17.3 Å². The van der Waals surface area contributed by atoms with Crippen LogP contribution in [0.1, 0.15) is 54.7 Å². The predicted molar refractivity (Wildman–Crippen MR) is 101 cm³/mol. The second-order valence-corrected chi connectivity index (χ2v) is 6.56. The van der Waals surface area contributed by atoms with E-state index in [1.165, 1.54) is 49.8 Å². The topological polar surface area (TPSA) is 18.5 Å². The molecule has 3 heteroatoms. The summed E-state index contributed by atoms with van der Waals surface area (Å²) in [6.45, 7) is 0. The molecule has 0 bridgehead atoms. The van der Waals surface area contributed by atoms with Gasteiger partial charge in [-0.15, -0.1) is 0 Å². The van der Waals surface area contributed by atoms with E-state index in [1.54, 1.807) is 20.3 Å². The highest BCUT2D eigenvalue weighted by atomic mass is 19.1. The van der Waals surface area contributed by atoms with E-state index >= 15 is 0 Å². The van der Waals surface area contributed by atoms with Crippen LogP contribution < -0.4 is 9.47 Å². The molecule has 0 atom stereocenters. The lowest BCUT2D eigenvalue weighted by molar-refractivity contribution is 0.359. The molecule has 0 amide bonds. The molecule has 0 spiro atoms. The summed E-state index contributed by atoms with van der Waals surface area (Å²) in [5.74, 6) is 2.03. The Hall–Kier alpha value is -2.29. The van der Waals surface area contributed by atoms with Gasteiger partial charge in [-0.25, -0.2) is 4.39 Å². The van der Waals surface area contributed by atoms with Gasteiger partial charge >= 0.3 is 0 Å². The van der Waals surface area contributed by atoms with Crippen LogP contribution in [-0.4, -0.2) is 14.2 Å². The van der Waals surface area contributed by atoms with Gasteiger partial charge in [0, 0.05) is 5.56 Å². The van der Waals surface area contributed by atoms with Gasteiger partial charge in [0.25, 0.3) is 0 Å². The number of ether oxygens (including phenoxy) is 2. The fourth-order valence-corrected chi connectivity index (χ4v) is 3.65. The minimum Gasteiger partial charge on any atom is -0.496 e. The van der Waals surface area contributed by atoms with Crippen LogP contribution >= 0.6 is 0 Å². The Bertz CT molecular complexity index is 720. The highest BCUT2D eigenvalue weighted by Gasteiger charge is 2.23. The molecular weight excluding hydrogens is 315 g/mol. The molecule has 3 rings (SSSR count). The third kappa shape index (κ3) is 4.22. The lowest BCUT2D eigenvalue weighted by Gasteiger charge is -2.26. The molecule has 0 aromatic heterocycles. The van der Waals surface area contributed by atoms with Crippen molar-refractivity contribution in [1.29, 1.82) is 0 Å². The predicted octanol–water partition coefficient (Wildman–Crippen LogP) is 6.06. The van der Waals surface area contributed by atoms with Gasteiger partial charge in [-0.3, -0.25) is 0 Å². The highest BCUT2D eigenvalue weighted by molar-refractivity contribution is 5.72. The van der Waals surface area contributed by atoms with Gasteiger partial charge in [0.2, 0.25) is 0 Å². The smallest absolute Gasteiger partial charge is 0.126 e. The van der Waals surface area contributed by atoms with Crippen molar-refractivity contribution in [2.24, 2.45) is 0 Å². The van der Waals surface area contributed by atoms with Gasteiger partial charge < -0.3 is 9.47 Å². The molecule has 2 nitrogen and oxygen atoms in total. The van der Waals surface area contributed by atoms with Crippen LogP contribution in [0.25, 0.3) is 12.2 Å². The average Bonchev–Trinajstić information content (AvgIpc) is 2.66. The maximum atomic E-state index is 13.3. The second kappa shape index (κ2) is 8.19. The lowest BCUT2D eigenvalue weighted by atomic mass is 9.82. The van der Waals surface area contributed by atoms with Crippen molar-refractivity contribution < 1.29 is 13.9 Å². The molecule has 1 fully saturated rings. The zero-order chi connectivity index (χ0) is 17.6. The number of methoxy groups -OCH3 is 2. The summed E-state index contributed by atoms with van der Waals surface area (Å²) >= 11 is 0. The normalized spacial score (nSPS) is 15.5. The average molecular weight is 340 g/mol. The van der Waals surface area contributed by atoms with E-state index in [-0.39, 0.29) is 5.82 Å². The molecule has 132 valence electrons. The van der Waals surface area contributed by atoms with Gasteiger partial charge in [-0.2, -0.15) is 0 Å². The van der Waals surface area contributed by atoms with Crippen molar-refractivity contribution in [3.63, 3.8) is 0 Å². The van der Waals surface area contributed by atoms with E-state index in [9.17, 15) is 4.39 Å². The Kier molecular flexibility index (Phi) is 5.75. The summed E-state index contributed by atoms with van der Waals surface area (Å²) in [5, 5.41) is 0. The molecule has 0 unspecified atom stereocenters. The highest BCUT2D eigenvalue weighted by Crippen LogP contribution is 2.43. The van der Waals surface area contributed by atoms with Crippen LogP contribution in [-0.2, 0) is 0 Å². The van der Waals surface area contributed by atoms with E-state index in [1.807, 2.05) is 30.4 Å². The Balaban J connectivity index is 1.93. The van der Waals surface area contributed by atoms with Crippen molar-refractivity contribution in [1.82, 2.24) is 0 Å². The SMILES string of the molecule is COc1cc(/C=C/c2cccc(F)c2)cc(OC)c1C1CCCCC1. The zero-order valence-corrected chi connectivity index (χ0v) is 14.9. The van der Waals surface area contributed by atoms with Crippen LogP contribution in [0.5, 0.6) is 11.5 Å². The van der Waals surface area contributed by atoms with Crippen LogP contribution in [0.3, 0.4) is 0 Å². The van der Waals surface area contributed by atoms with Gasteiger partial charge in [-0.05, 0) is 54.2 Å². The van der Waals surface area contributed by atoms with E-state index in [4.69, 9.17) is 9.47 Å². The first-order chi connectivity index (χ1) is 12.2. The number of hydrogen-bond donors (Lipinski definition) is 0. The quantitative estimate of drug-likeness (QED) is 0.616. The van der Waals surface area contributed by atoms with Crippen LogP contribution in [0.15, 0.2) is 36.4 Å². The molecule has 0 aliphatic heterocycles. The molecule has 0 N–H and O–H groups in total. The van der Waals surface area contributed by atoms with E-state index in [0.717, 1.165) is 22.6 Å². The fourth-order valence-electron chi connectivity index (χ4n) is 3.65. The lowest BCUT2D eigenvalue weighted by Crippen LogP contribution is -2.08. The van der Waals surface area contributed by atoms with E-state index < -0.39 is 0 Å². The molecule has 2 aromatic rings. The van der Waals surface area contributed by atoms with Crippen molar-refractivity contribution in [2.75, 3.05) is 14.2 Å².